The van der Waals surface area contributed by atoms with E-state index in [-0.39, 0.29) is 11.6 Å². The van der Waals surface area contributed by atoms with Crippen molar-refractivity contribution < 1.29 is 8.78 Å². The standard InChI is InChI=1S/C14H20F2/c1-5-9-10(6-2)14(16)12(8-4)11(7-3)13(9)15/h5-8H2,1-4H3. The van der Waals surface area contributed by atoms with Crippen molar-refractivity contribution in [2.45, 2.75) is 53.4 Å². The Balaban J connectivity index is 3.60. The Bertz CT molecular complexity index is 311. The fourth-order valence-electron chi connectivity index (χ4n) is 2.37. The Kier molecular flexibility index (Phi) is 4.45. The molecular weight excluding hydrogens is 206 g/mol. The van der Waals surface area contributed by atoms with E-state index in [0.717, 1.165) is 0 Å². The SMILES string of the molecule is CCc1c(F)c(CC)c(CC)c(F)c1CC. The first-order chi connectivity index (χ1) is 7.62. The van der Waals surface area contributed by atoms with Gasteiger partial charge in [-0.1, -0.05) is 27.7 Å². The minimum atomic E-state index is -0.180. The lowest BCUT2D eigenvalue weighted by Gasteiger charge is -2.17. The molecule has 0 aliphatic carbocycles. The van der Waals surface area contributed by atoms with Crippen molar-refractivity contribution in [2.24, 2.45) is 0 Å². The van der Waals surface area contributed by atoms with Gasteiger partial charge in [0.15, 0.2) is 0 Å². The minimum absolute atomic E-state index is 0.180. The van der Waals surface area contributed by atoms with Crippen LogP contribution in [0.15, 0.2) is 0 Å². The average molecular weight is 226 g/mol. The van der Waals surface area contributed by atoms with Crippen LogP contribution >= 0.6 is 0 Å². The number of rotatable bonds is 4. The van der Waals surface area contributed by atoms with E-state index in [0.29, 0.717) is 47.9 Å². The van der Waals surface area contributed by atoms with E-state index in [9.17, 15) is 8.78 Å². The van der Waals surface area contributed by atoms with Crippen LogP contribution in [-0.2, 0) is 25.7 Å². The summed E-state index contributed by atoms with van der Waals surface area (Å²) in [4.78, 5) is 0. The molecule has 0 aromatic heterocycles. The van der Waals surface area contributed by atoms with Gasteiger partial charge < -0.3 is 0 Å². The molecule has 0 N–H and O–H groups in total. The molecule has 0 aliphatic heterocycles. The Morgan fingerprint density at radius 3 is 0.875 bits per heavy atom. The fraction of sp³-hybridized carbons (Fsp3) is 0.571. The topological polar surface area (TPSA) is 0 Å². The van der Waals surface area contributed by atoms with Crippen LogP contribution in [0.2, 0.25) is 0 Å². The second-order valence-corrected chi connectivity index (χ2v) is 3.96. The third kappa shape index (κ3) is 1.98. The molecule has 0 radical (unpaired) electrons. The first-order valence-electron chi connectivity index (χ1n) is 6.12. The molecule has 0 unspecified atom stereocenters. The van der Waals surface area contributed by atoms with Gasteiger partial charge in [-0.3, -0.25) is 0 Å². The summed E-state index contributed by atoms with van der Waals surface area (Å²) in [5, 5.41) is 0. The lowest BCUT2D eigenvalue weighted by molar-refractivity contribution is 0.549. The number of hydrogen-bond donors (Lipinski definition) is 0. The Hall–Kier alpha value is -0.920. The molecule has 90 valence electrons. The van der Waals surface area contributed by atoms with Crippen molar-refractivity contribution in [3.8, 4) is 0 Å². The van der Waals surface area contributed by atoms with Gasteiger partial charge in [-0.25, -0.2) is 8.78 Å². The van der Waals surface area contributed by atoms with Gasteiger partial charge in [0.1, 0.15) is 11.6 Å². The van der Waals surface area contributed by atoms with Gasteiger partial charge in [0.25, 0.3) is 0 Å². The summed E-state index contributed by atoms with van der Waals surface area (Å²) in [5.41, 5.74) is 2.26. The highest BCUT2D eigenvalue weighted by Gasteiger charge is 2.20. The van der Waals surface area contributed by atoms with Crippen molar-refractivity contribution in [1.29, 1.82) is 0 Å². The molecule has 0 heterocycles. The van der Waals surface area contributed by atoms with Gasteiger partial charge in [0, 0.05) is 0 Å². The molecule has 0 saturated heterocycles. The second-order valence-electron chi connectivity index (χ2n) is 3.96. The van der Waals surface area contributed by atoms with E-state index < -0.39 is 0 Å². The molecule has 2 heteroatoms. The van der Waals surface area contributed by atoms with E-state index in [4.69, 9.17) is 0 Å². The van der Waals surface area contributed by atoms with Crippen LogP contribution in [0.25, 0.3) is 0 Å². The molecular formula is C14H20F2. The van der Waals surface area contributed by atoms with Crippen molar-refractivity contribution in [3.63, 3.8) is 0 Å². The molecule has 0 aliphatic rings. The van der Waals surface area contributed by atoms with Crippen LogP contribution in [0.1, 0.15) is 49.9 Å². The Morgan fingerprint density at radius 1 is 0.562 bits per heavy atom. The zero-order valence-corrected chi connectivity index (χ0v) is 10.6. The quantitative estimate of drug-likeness (QED) is 0.721. The van der Waals surface area contributed by atoms with Gasteiger partial charge >= 0.3 is 0 Å². The van der Waals surface area contributed by atoms with Crippen LogP contribution in [-0.4, -0.2) is 0 Å². The lowest BCUT2D eigenvalue weighted by atomic mass is 9.91. The molecule has 0 fully saturated rings. The van der Waals surface area contributed by atoms with E-state index in [1.54, 1.807) is 0 Å². The highest BCUT2D eigenvalue weighted by molar-refractivity contribution is 5.42. The second kappa shape index (κ2) is 5.42. The van der Waals surface area contributed by atoms with Crippen LogP contribution in [0, 0.1) is 11.6 Å². The van der Waals surface area contributed by atoms with Gasteiger partial charge in [-0.05, 0) is 47.9 Å². The molecule has 0 saturated carbocycles. The number of halogens is 2. The van der Waals surface area contributed by atoms with Gasteiger partial charge in [-0.2, -0.15) is 0 Å². The summed E-state index contributed by atoms with van der Waals surface area (Å²) in [6.45, 7) is 7.51. The van der Waals surface area contributed by atoms with Crippen molar-refractivity contribution in [3.05, 3.63) is 33.9 Å². The molecule has 0 bridgehead atoms. The van der Waals surface area contributed by atoms with Crippen LogP contribution in [0.3, 0.4) is 0 Å². The minimum Gasteiger partial charge on any atom is -0.206 e. The summed E-state index contributed by atoms with van der Waals surface area (Å²) in [6, 6.07) is 0. The van der Waals surface area contributed by atoms with E-state index in [1.807, 2.05) is 27.7 Å². The van der Waals surface area contributed by atoms with Crippen molar-refractivity contribution >= 4 is 0 Å². The molecule has 1 rings (SSSR count). The highest BCUT2D eigenvalue weighted by atomic mass is 19.1. The molecule has 16 heavy (non-hydrogen) atoms. The van der Waals surface area contributed by atoms with E-state index in [1.165, 1.54) is 0 Å². The van der Waals surface area contributed by atoms with Crippen molar-refractivity contribution in [1.82, 2.24) is 0 Å². The Morgan fingerprint density at radius 2 is 0.750 bits per heavy atom. The first-order valence-corrected chi connectivity index (χ1v) is 6.12. The van der Waals surface area contributed by atoms with E-state index in [2.05, 4.69) is 0 Å². The predicted molar refractivity (Wildman–Crippen MR) is 63.9 cm³/mol. The average Bonchev–Trinajstić information content (AvgIpc) is 2.30. The van der Waals surface area contributed by atoms with Crippen LogP contribution in [0.5, 0.6) is 0 Å². The van der Waals surface area contributed by atoms with Crippen molar-refractivity contribution in [2.75, 3.05) is 0 Å². The van der Waals surface area contributed by atoms with Gasteiger partial charge in [-0.15, -0.1) is 0 Å². The highest BCUT2D eigenvalue weighted by Crippen LogP contribution is 2.28. The smallest absolute Gasteiger partial charge is 0.130 e. The summed E-state index contributed by atoms with van der Waals surface area (Å²) in [6.07, 6.45) is 2.23. The Labute approximate surface area is 96.7 Å². The molecule has 0 atom stereocenters. The summed E-state index contributed by atoms with van der Waals surface area (Å²) in [5.74, 6) is -0.361. The summed E-state index contributed by atoms with van der Waals surface area (Å²) < 4.78 is 28.4. The maximum Gasteiger partial charge on any atom is 0.130 e. The molecule has 0 nitrogen and oxygen atoms in total. The maximum atomic E-state index is 14.2. The zero-order chi connectivity index (χ0) is 12.3. The maximum absolute atomic E-state index is 14.2. The molecule has 1 aromatic rings. The summed E-state index contributed by atoms with van der Waals surface area (Å²) >= 11 is 0. The monoisotopic (exact) mass is 226 g/mol. The lowest BCUT2D eigenvalue weighted by Crippen LogP contribution is -2.09. The molecule has 1 aromatic carbocycles. The molecule has 0 amide bonds. The predicted octanol–water partition coefficient (Wildman–Crippen LogP) is 4.21. The fourth-order valence-corrected chi connectivity index (χ4v) is 2.37. The number of benzene rings is 1. The van der Waals surface area contributed by atoms with Crippen LogP contribution < -0.4 is 0 Å². The number of hydrogen-bond acceptors (Lipinski definition) is 0. The van der Waals surface area contributed by atoms with Gasteiger partial charge in [0.05, 0.1) is 0 Å². The normalized spacial score (nSPS) is 10.9. The zero-order valence-electron chi connectivity index (χ0n) is 10.6. The third-order valence-corrected chi connectivity index (χ3v) is 3.20. The molecule has 0 spiro atoms. The largest absolute Gasteiger partial charge is 0.206 e. The van der Waals surface area contributed by atoms with Crippen LogP contribution in [0.4, 0.5) is 8.78 Å². The summed E-state index contributed by atoms with van der Waals surface area (Å²) in [7, 11) is 0. The first kappa shape index (κ1) is 13.1. The van der Waals surface area contributed by atoms with Gasteiger partial charge in [0.2, 0.25) is 0 Å². The van der Waals surface area contributed by atoms with E-state index >= 15 is 0 Å². The third-order valence-electron chi connectivity index (χ3n) is 3.20.